The third kappa shape index (κ3) is 6.92. The number of hydrogen-bond acceptors (Lipinski definition) is 6. The summed E-state index contributed by atoms with van der Waals surface area (Å²) in [5, 5.41) is 10.8. The first-order valence-electron chi connectivity index (χ1n) is 17.3. The first kappa shape index (κ1) is 34.9. The van der Waals surface area contributed by atoms with E-state index in [1.165, 1.54) is 57.8 Å². The van der Waals surface area contributed by atoms with Gasteiger partial charge in [-0.25, -0.2) is 9.78 Å². The van der Waals surface area contributed by atoms with Crippen molar-refractivity contribution in [3.8, 4) is 5.75 Å². The van der Waals surface area contributed by atoms with Crippen molar-refractivity contribution in [2.75, 3.05) is 20.8 Å². The van der Waals surface area contributed by atoms with Crippen LogP contribution in [0.1, 0.15) is 118 Å². The van der Waals surface area contributed by atoms with Gasteiger partial charge in [0.25, 0.3) is 0 Å². The number of fused-ring (bicyclic) bond motifs is 6. The van der Waals surface area contributed by atoms with Gasteiger partial charge >= 0.3 is 5.63 Å². The molecule has 7 unspecified atom stereocenters. The van der Waals surface area contributed by atoms with Crippen LogP contribution in [0.5, 0.6) is 5.75 Å². The monoisotopic (exact) mass is 611 g/mol. The number of methoxy groups -OCH3 is 2. The summed E-state index contributed by atoms with van der Waals surface area (Å²) >= 11 is 0. The van der Waals surface area contributed by atoms with E-state index >= 15 is 0 Å². The van der Waals surface area contributed by atoms with Crippen LogP contribution in [0.25, 0.3) is 10.9 Å². The van der Waals surface area contributed by atoms with Crippen molar-refractivity contribution in [1.29, 1.82) is 0 Å². The predicted octanol–water partition coefficient (Wildman–Crippen LogP) is 8.85. The SMILES string of the molecule is C.CCC(C)COC.COc1ccc2c(=O)oc(CCC[C@H]3CCC4C5CCC6C[C@H](O)CCC6(C)C5CCC43C)nc2c1. The van der Waals surface area contributed by atoms with Crippen molar-refractivity contribution in [3.05, 3.63) is 34.5 Å². The molecule has 44 heavy (non-hydrogen) atoms. The smallest absolute Gasteiger partial charge is 0.346 e. The lowest BCUT2D eigenvalue weighted by atomic mass is 9.44. The van der Waals surface area contributed by atoms with Crippen LogP contribution in [-0.2, 0) is 11.2 Å². The van der Waals surface area contributed by atoms with Crippen molar-refractivity contribution in [1.82, 2.24) is 4.98 Å². The van der Waals surface area contributed by atoms with Crippen LogP contribution in [0.15, 0.2) is 27.4 Å². The molecule has 1 aromatic carbocycles. The predicted molar refractivity (Wildman–Crippen MR) is 179 cm³/mol. The number of nitrogens with zero attached hydrogens (tertiary/aromatic N) is 1. The Kier molecular flexibility index (Phi) is 11.6. The molecule has 6 heteroatoms. The minimum absolute atomic E-state index is 0. The molecule has 0 amide bonds. The summed E-state index contributed by atoms with van der Waals surface area (Å²) in [7, 11) is 3.37. The maximum absolute atomic E-state index is 12.5. The van der Waals surface area contributed by atoms with Gasteiger partial charge in [-0.2, -0.15) is 0 Å². The van der Waals surface area contributed by atoms with E-state index in [0.717, 1.165) is 61.4 Å². The molecule has 0 spiro atoms. The average Bonchev–Trinajstić information content (AvgIpc) is 3.33. The van der Waals surface area contributed by atoms with E-state index in [4.69, 9.17) is 13.9 Å². The first-order valence-corrected chi connectivity index (χ1v) is 17.3. The van der Waals surface area contributed by atoms with Gasteiger partial charge in [0.2, 0.25) is 0 Å². The fourth-order valence-electron chi connectivity index (χ4n) is 10.1. The van der Waals surface area contributed by atoms with Crippen LogP contribution in [0.2, 0.25) is 0 Å². The summed E-state index contributed by atoms with van der Waals surface area (Å²) in [5.41, 5.74) is 1.25. The molecule has 0 saturated heterocycles. The van der Waals surface area contributed by atoms with Gasteiger partial charge in [0.1, 0.15) is 5.75 Å². The topological polar surface area (TPSA) is 81.8 Å². The molecule has 4 fully saturated rings. The summed E-state index contributed by atoms with van der Waals surface area (Å²) in [6.45, 7) is 10.4. The first-order chi connectivity index (χ1) is 20.6. The number of rotatable bonds is 8. The van der Waals surface area contributed by atoms with Gasteiger partial charge in [-0.1, -0.05) is 41.5 Å². The van der Waals surface area contributed by atoms with Gasteiger partial charge in [-0.3, -0.25) is 0 Å². The van der Waals surface area contributed by atoms with Crippen molar-refractivity contribution < 1.29 is 19.0 Å². The van der Waals surface area contributed by atoms with Crippen LogP contribution in [0.3, 0.4) is 0 Å². The van der Waals surface area contributed by atoms with Gasteiger partial charge < -0.3 is 19.0 Å². The Morgan fingerprint density at radius 1 is 1.05 bits per heavy atom. The highest BCUT2D eigenvalue weighted by molar-refractivity contribution is 5.78. The fourth-order valence-corrected chi connectivity index (χ4v) is 10.1. The third-order valence-corrected chi connectivity index (χ3v) is 12.8. The van der Waals surface area contributed by atoms with Crippen LogP contribution >= 0.6 is 0 Å². The van der Waals surface area contributed by atoms with E-state index in [1.54, 1.807) is 26.4 Å². The van der Waals surface area contributed by atoms with Crippen molar-refractivity contribution >= 4 is 10.9 Å². The van der Waals surface area contributed by atoms with Crippen LogP contribution < -0.4 is 10.4 Å². The number of ether oxygens (including phenoxy) is 2. The normalized spacial score (nSPS) is 34.9. The quantitative estimate of drug-likeness (QED) is 0.321. The summed E-state index contributed by atoms with van der Waals surface area (Å²) in [5.74, 6) is 6.06. The van der Waals surface area contributed by atoms with Crippen molar-refractivity contribution in [2.24, 2.45) is 46.3 Å². The van der Waals surface area contributed by atoms with Crippen LogP contribution in [0.4, 0.5) is 0 Å². The van der Waals surface area contributed by atoms with E-state index in [0.29, 0.717) is 39.8 Å². The average molecular weight is 612 g/mol. The molecule has 2 aromatic rings. The molecule has 0 bridgehead atoms. The zero-order valence-corrected chi connectivity index (χ0v) is 27.7. The second-order valence-corrected chi connectivity index (χ2v) is 15.0. The van der Waals surface area contributed by atoms with Gasteiger partial charge in [-0.05, 0) is 129 Å². The lowest BCUT2D eigenvalue weighted by Crippen LogP contribution is -2.53. The van der Waals surface area contributed by atoms with E-state index < -0.39 is 0 Å². The third-order valence-electron chi connectivity index (χ3n) is 12.8. The molecule has 0 radical (unpaired) electrons. The van der Waals surface area contributed by atoms with E-state index in [-0.39, 0.29) is 19.2 Å². The Labute approximate surface area is 266 Å². The number of hydrogen-bond donors (Lipinski definition) is 1. The molecular weight excluding hydrogens is 550 g/mol. The largest absolute Gasteiger partial charge is 0.497 e. The number of aliphatic hydroxyl groups is 1. The number of aryl methyl sites for hydroxylation is 1. The van der Waals surface area contributed by atoms with Crippen LogP contribution in [0, 0.1) is 46.3 Å². The summed E-state index contributed by atoms with van der Waals surface area (Å²) in [4.78, 5) is 17.1. The Morgan fingerprint density at radius 3 is 2.50 bits per heavy atom. The summed E-state index contributed by atoms with van der Waals surface area (Å²) in [6.07, 6.45) is 15.5. The molecule has 1 N–H and O–H groups in total. The molecule has 6 nitrogen and oxygen atoms in total. The van der Waals surface area contributed by atoms with E-state index in [2.05, 4.69) is 32.7 Å². The van der Waals surface area contributed by atoms with Gasteiger partial charge in [0, 0.05) is 26.2 Å². The molecule has 4 aliphatic carbocycles. The maximum Gasteiger partial charge on any atom is 0.346 e. The molecule has 6 rings (SSSR count). The van der Waals surface area contributed by atoms with Crippen LogP contribution in [-0.4, -0.2) is 37.0 Å². The molecule has 248 valence electrons. The minimum atomic E-state index is -0.303. The molecule has 0 aliphatic heterocycles. The molecular formula is C38H61NO5. The van der Waals surface area contributed by atoms with Crippen molar-refractivity contribution in [2.45, 2.75) is 125 Å². The molecule has 1 heterocycles. The maximum atomic E-state index is 12.5. The molecule has 1 aromatic heterocycles. The summed E-state index contributed by atoms with van der Waals surface area (Å²) in [6, 6.07) is 5.33. The van der Waals surface area contributed by atoms with E-state index in [9.17, 15) is 9.90 Å². The lowest BCUT2D eigenvalue weighted by molar-refractivity contribution is -0.127. The second kappa shape index (κ2) is 14.7. The Balaban J connectivity index is 0.000000497. The Bertz CT molecular complexity index is 1280. The molecule has 4 saturated carbocycles. The van der Waals surface area contributed by atoms with Gasteiger partial charge in [0.05, 0.1) is 24.1 Å². The minimum Gasteiger partial charge on any atom is -0.497 e. The van der Waals surface area contributed by atoms with Crippen molar-refractivity contribution in [3.63, 3.8) is 0 Å². The molecule has 9 atom stereocenters. The van der Waals surface area contributed by atoms with E-state index in [1.807, 2.05) is 6.07 Å². The number of aliphatic hydroxyl groups excluding tert-OH is 1. The Morgan fingerprint density at radius 2 is 1.80 bits per heavy atom. The Hall–Kier alpha value is -1.92. The lowest BCUT2D eigenvalue weighted by Gasteiger charge is -2.61. The highest BCUT2D eigenvalue weighted by Gasteiger charge is 2.59. The van der Waals surface area contributed by atoms with Gasteiger partial charge in [-0.15, -0.1) is 0 Å². The highest BCUT2D eigenvalue weighted by Crippen LogP contribution is 2.67. The zero-order valence-electron chi connectivity index (χ0n) is 27.7. The number of aromatic nitrogens is 1. The summed E-state index contributed by atoms with van der Waals surface area (Å²) < 4.78 is 15.8. The fraction of sp³-hybridized carbons (Fsp3) is 0.789. The second-order valence-electron chi connectivity index (χ2n) is 15.0. The highest BCUT2D eigenvalue weighted by atomic mass is 16.5. The van der Waals surface area contributed by atoms with Gasteiger partial charge in [0.15, 0.2) is 5.89 Å². The zero-order chi connectivity index (χ0) is 30.8. The molecule has 4 aliphatic rings. The number of benzene rings is 1. The standard InChI is InChI=1S/C31H43NO4.C6H14O.CH4/c1-30-16-14-26-23(10-7-20-17-21(33)13-15-31(20,26)2)25(30)12-8-19(30)5-4-6-28-32-27-18-22(35-3)9-11-24(27)29(34)36-28;1-4-6(2)5-7-3;/h9,11,18-21,23,25-26,33H,4-8,10,12-17H2,1-3H3;6H,4-5H2,1-3H3;1H4/t19-,20?,21+,23?,25?,26?,30?,31?;;/m0../s1.